The van der Waals surface area contributed by atoms with E-state index in [-0.39, 0.29) is 18.2 Å². The zero-order chi connectivity index (χ0) is 12.9. The van der Waals surface area contributed by atoms with Gasteiger partial charge in [-0.15, -0.1) is 0 Å². The molecule has 1 rings (SSSR count). The molecule has 0 heterocycles. The van der Waals surface area contributed by atoms with Crippen molar-refractivity contribution in [3.8, 4) is 5.75 Å². The molecule has 7 heteroatoms. The van der Waals surface area contributed by atoms with Gasteiger partial charge in [0.15, 0.2) is 0 Å². The minimum atomic E-state index is -3.29. The van der Waals surface area contributed by atoms with Crippen LogP contribution in [0.4, 0.5) is 5.69 Å². The lowest BCUT2D eigenvalue weighted by Gasteiger charge is -2.09. The topological polar surface area (TPSA) is 105 Å². The molecule has 0 radical (unpaired) electrons. The van der Waals surface area contributed by atoms with Gasteiger partial charge in [-0.3, -0.25) is 10.1 Å². The van der Waals surface area contributed by atoms with Crippen LogP contribution in [-0.4, -0.2) is 26.6 Å². The lowest BCUT2D eigenvalue weighted by atomic mass is 10.3. The lowest BCUT2D eigenvalue weighted by molar-refractivity contribution is 0.374. The maximum Gasteiger partial charge on any atom is 0.232 e. The van der Waals surface area contributed by atoms with Crippen molar-refractivity contribution in [2.45, 2.75) is 6.92 Å². The van der Waals surface area contributed by atoms with Crippen molar-refractivity contribution in [1.82, 2.24) is 0 Å². The predicted molar refractivity (Wildman–Crippen MR) is 66.9 cm³/mol. The molecule has 0 saturated carbocycles. The average molecular weight is 257 g/mol. The number of nitrogens with two attached hydrogens (primary N) is 1. The smallest absolute Gasteiger partial charge is 0.232 e. The van der Waals surface area contributed by atoms with Gasteiger partial charge in [0.1, 0.15) is 18.2 Å². The lowest BCUT2D eigenvalue weighted by Crippen LogP contribution is -2.19. The summed E-state index contributed by atoms with van der Waals surface area (Å²) in [6.45, 7) is 1.53. The Kier molecular flexibility index (Phi) is 4.33. The van der Waals surface area contributed by atoms with E-state index >= 15 is 0 Å². The molecule has 0 atom stereocenters. The maximum absolute atomic E-state index is 11.3. The van der Waals surface area contributed by atoms with Gasteiger partial charge in [-0.2, -0.15) is 0 Å². The van der Waals surface area contributed by atoms with Crippen LogP contribution in [0.5, 0.6) is 5.75 Å². The fourth-order valence-electron chi connectivity index (χ4n) is 1.06. The summed E-state index contributed by atoms with van der Waals surface area (Å²) in [6.07, 6.45) is 0. The van der Waals surface area contributed by atoms with Gasteiger partial charge in [-0.1, -0.05) is 6.07 Å². The van der Waals surface area contributed by atoms with Gasteiger partial charge in [-0.25, -0.2) is 8.42 Å². The third kappa shape index (κ3) is 4.73. The Balaban J connectivity index is 2.76. The van der Waals surface area contributed by atoms with Crippen LogP contribution in [0.2, 0.25) is 0 Å². The van der Waals surface area contributed by atoms with Crippen molar-refractivity contribution in [3.05, 3.63) is 24.3 Å². The minimum Gasteiger partial charge on any atom is -0.486 e. The number of anilines is 1. The Morgan fingerprint density at radius 3 is 2.82 bits per heavy atom. The number of hydrogen-bond acceptors (Lipinski definition) is 4. The molecule has 1 aromatic carbocycles. The Bertz CT molecular complexity index is 499. The normalized spacial score (nSPS) is 10.9. The standard InChI is InChI=1S/C10H15N3O3S/c1-2-17(14,15)13-8-4-3-5-9(6-8)16-7-10(11)12/h3-6,13H,2,7H2,1H3,(H3,11,12). The highest BCUT2D eigenvalue weighted by molar-refractivity contribution is 7.92. The van der Waals surface area contributed by atoms with E-state index < -0.39 is 10.0 Å². The summed E-state index contributed by atoms with van der Waals surface area (Å²) in [5, 5.41) is 7.01. The summed E-state index contributed by atoms with van der Waals surface area (Å²) >= 11 is 0. The van der Waals surface area contributed by atoms with Gasteiger partial charge in [0, 0.05) is 6.07 Å². The number of ether oxygens (including phenoxy) is 1. The highest BCUT2D eigenvalue weighted by Crippen LogP contribution is 2.18. The summed E-state index contributed by atoms with van der Waals surface area (Å²) in [4.78, 5) is 0. The number of sulfonamides is 1. The zero-order valence-electron chi connectivity index (χ0n) is 9.43. The molecule has 94 valence electrons. The van der Waals surface area contributed by atoms with Gasteiger partial charge in [0.2, 0.25) is 10.0 Å². The van der Waals surface area contributed by atoms with Crippen molar-refractivity contribution in [2.75, 3.05) is 17.1 Å². The van der Waals surface area contributed by atoms with Gasteiger partial charge in [0.05, 0.1) is 11.4 Å². The van der Waals surface area contributed by atoms with Crippen LogP contribution < -0.4 is 15.2 Å². The number of benzene rings is 1. The Morgan fingerprint density at radius 2 is 2.24 bits per heavy atom. The third-order valence-electron chi connectivity index (χ3n) is 1.88. The molecule has 17 heavy (non-hydrogen) atoms. The molecule has 0 unspecified atom stereocenters. The molecular weight excluding hydrogens is 242 g/mol. The average Bonchev–Trinajstić information content (AvgIpc) is 2.26. The summed E-state index contributed by atoms with van der Waals surface area (Å²) < 4.78 is 30.3. The molecule has 1 aromatic rings. The second kappa shape index (κ2) is 5.53. The second-order valence-electron chi connectivity index (χ2n) is 3.35. The first-order valence-corrected chi connectivity index (χ1v) is 6.64. The first-order valence-electron chi connectivity index (χ1n) is 4.99. The molecule has 0 saturated heterocycles. The van der Waals surface area contributed by atoms with Crippen LogP contribution in [0.1, 0.15) is 6.92 Å². The van der Waals surface area contributed by atoms with Gasteiger partial charge in [-0.05, 0) is 19.1 Å². The fourth-order valence-corrected chi connectivity index (χ4v) is 1.69. The van der Waals surface area contributed by atoms with E-state index in [1.165, 1.54) is 6.07 Å². The van der Waals surface area contributed by atoms with Crippen LogP contribution in [0.15, 0.2) is 24.3 Å². The van der Waals surface area contributed by atoms with E-state index in [1.54, 1.807) is 25.1 Å². The molecule has 0 amide bonds. The first-order chi connectivity index (χ1) is 7.93. The highest BCUT2D eigenvalue weighted by Gasteiger charge is 2.07. The molecule has 0 aromatic heterocycles. The predicted octanol–water partition coefficient (Wildman–Crippen LogP) is 0.763. The van der Waals surface area contributed by atoms with Gasteiger partial charge >= 0.3 is 0 Å². The fraction of sp³-hybridized carbons (Fsp3) is 0.300. The number of nitrogens with one attached hydrogen (secondary N) is 2. The SMILES string of the molecule is CCS(=O)(=O)Nc1cccc(OCC(=N)N)c1. The summed E-state index contributed by atoms with van der Waals surface area (Å²) in [5.74, 6) is 0.368. The van der Waals surface area contributed by atoms with Crippen LogP contribution in [0.3, 0.4) is 0 Å². The summed E-state index contributed by atoms with van der Waals surface area (Å²) in [5.41, 5.74) is 5.57. The third-order valence-corrected chi connectivity index (χ3v) is 3.19. The van der Waals surface area contributed by atoms with Crippen molar-refractivity contribution in [2.24, 2.45) is 5.73 Å². The van der Waals surface area contributed by atoms with E-state index in [2.05, 4.69) is 4.72 Å². The maximum atomic E-state index is 11.3. The van der Waals surface area contributed by atoms with E-state index in [9.17, 15) is 8.42 Å². The van der Waals surface area contributed by atoms with Crippen molar-refractivity contribution in [3.63, 3.8) is 0 Å². The Morgan fingerprint density at radius 1 is 1.53 bits per heavy atom. The molecule has 0 aliphatic carbocycles. The van der Waals surface area contributed by atoms with Gasteiger partial charge in [0.25, 0.3) is 0 Å². The summed E-state index contributed by atoms with van der Waals surface area (Å²) in [6, 6.07) is 6.47. The molecule has 4 N–H and O–H groups in total. The zero-order valence-corrected chi connectivity index (χ0v) is 10.3. The monoisotopic (exact) mass is 257 g/mol. The Labute approximate surface area is 100 Å². The van der Waals surface area contributed by atoms with Gasteiger partial charge < -0.3 is 10.5 Å². The largest absolute Gasteiger partial charge is 0.486 e. The van der Waals surface area contributed by atoms with Crippen LogP contribution >= 0.6 is 0 Å². The molecule has 6 nitrogen and oxygen atoms in total. The van der Waals surface area contributed by atoms with Crippen LogP contribution in [0, 0.1) is 5.41 Å². The number of rotatable bonds is 6. The summed E-state index contributed by atoms with van der Waals surface area (Å²) in [7, 11) is -3.29. The molecule has 0 aliphatic heterocycles. The molecular formula is C10H15N3O3S. The van der Waals surface area contributed by atoms with E-state index in [1.807, 2.05) is 0 Å². The van der Waals surface area contributed by atoms with E-state index in [4.69, 9.17) is 15.9 Å². The first kappa shape index (κ1) is 13.3. The van der Waals surface area contributed by atoms with Crippen molar-refractivity contribution >= 4 is 21.5 Å². The quantitative estimate of drug-likeness (QED) is 0.517. The molecule has 0 bridgehead atoms. The van der Waals surface area contributed by atoms with E-state index in [0.29, 0.717) is 11.4 Å². The van der Waals surface area contributed by atoms with Crippen molar-refractivity contribution in [1.29, 1.82) is 5.41 Å². The van der Waals surface area contributed by atoms with Crippen LogP contribution in [0.25, 0.3) is 0 Å². The molecule has 0 fully saturated rings. The minimum absolute atomic E-state index is 0.00549. The Hall–Kier alpha value is -1.76. The molecule has 0 spiro atoms. The molecule has 0 aliphatic rings. The van der Waals surface area contributed by atoms with Crippen molar-refractivity contribution < 1.29 is 13.2 Å². The van der Waals surface area contributed by atoms with E-state index in [0.717, 1.165) is 0 Å². The second-order valence-corrected chi connectivity index (χ2v) is 5.36. The number of amidine groups is 1. The number of hydrogen-bond donors (Lipinski definition) is 3. The highest BCUT2D eigenvalue weighted by atomic mass is 32.2. The van der Waals surface area contributed by atoms with Crippen LogP contribution in [-0.2, 0) is 10.0 Å².